The molecule has 0 bridgehead atoms. The fourth-order valence-electron chi connectivity index (χ4n) is 2.23. The van der Waals surface area contributed by atoms with Crippen LogP contribution < -0.4 is 10.1 Å². The minimum Gasteiger partial charge on any atom is -0.491 e. The molecule has 1 N–H and O–H groups in total. The quantitative estimate of drug-likeness (QED) is 0.797. The second kappa shape index (κ2) is 7.72. The molecule has 2 aromatic rings. The van der Waals surface area contributed by atoms with Crippen LogP contribution in [0, 0.1) is 6.92 Å². The molecule has 1 aromatic heterocycles. The van der Waals surface area contributed by atoms with Gasteiger partial charge < -0.3 is 14.6 Å². The van der Waals surface area contributed by atoms with Gasteiger partial charge in [-0.2, -0.15) is 0 Å². The Balaban J connectivity index is 2.06. The van der Waals surface area contributed by atoms with E-state index in [9.17, 15) is 0 Å². The van der Waals surface area contributed by atoms with E-state index in [2.05, 4.69) is 53.8 Å². The molecule has 0 unspecified atom stereocenters. The highest BCUT2D eigenvalue weighted by molar-refractivity contribution is 5.57. The number of aryl methyl sites for hydroxylation is 2. The SMILES string of the molecule is CCCOc1cc(C)ccc1NCc1nccn1CCC. The zero-order chi connectivity index (χ0) is 15.1. The summed E-state index contributed by atoms with van der Waals surface area (Å²) in [5.74, 6) is 1.98. The third kappa shape index (κ3) is 4.25. The normalized spacial score (nSPS) is 10.6. The highest BCUT2D eigenvalue weighted by Crippen LogP contribution is 2.26. The average molecular weight is 287 g/mol. The molecule has 21 heavy (non-hydrogen) atoms. The largest absolute Gasteiger partial charge is 0.491 e. The van der Waals surface area contributed by atoms with Gasteiger partial charge in [0.05, 0.1) is 18.8 Å². The van der Waals surface area contributed by atoms with Crippen LogP contribution in [0.2, 0.25) is 0 Å². The van der Waals surface area contributed by atoms with Crippen molar-refractivity contribution in [2.75, 3.05) is 11.9 Å². The molecule has 0 aliphatic carbocycles. The van der Waals surface area contributed by atoms with Crippen molar-refractivity contribution in [2.45, 2.75) is 46.7 Å². The number of anilines is 1. The van der Waals surface area contributed by atoms with Crippen LogP contribution in [-0.2, 0) is 13.1 Å². The lowest BCUT2D eigenvalue weighted by molar-refractivity contribution is 0.318. The molecule has 1 aromatic carbocycles. The monoisotopic (exact) mass is 287 g/mol. The van der Waals surface area contributed by atoms with Crippen LogP contribution in [0.15, 0.2) is 30.6 Å². The first-order valence-electron chi connectivity index (χ1n) is 7.72. The Morgan fingerprint density at radius 1 is 1.24 bits per heavy atom. The Kier molecular flexibility index (Phi) is 5.67. The first-order valence-corrected chi connectivity index (χ1v) is 7.72. The summed E-state index contributed by atoms with van der Waals surface area (Å²) in [6.07, 6.45) is 6.01. The van der Waals surface area contributed by atoms with E-state index in [1.165, 1.54) is 5.56 Å². The van der Waals surface area contributed by atoms with E-state index in [1.807, 2.05) is 12.4 Å². The van der Waals surface area contributed by atoms with Crippen molar-refractivity contribution in [3.8, 4) is 5.75 Å². The molecule has 0 spiro atoms. The number of benzene rings is 1. The molecule has 0 fully saturated rings. The molecular formula is C17H25N3O. The van der Waals surface area contributed by atoms with Crippen LogP contribution in [0.4, 0.5) is 5.69 Å². The Hall–Kier alpha value is -1.97. The Labute approximate surface area is 127 Å². The topological polar surface area (TPSA) is 39.1 Å². The second-order valence-electron chi connectivity index (χ2n) is 5.24. The summed E-state index contributed by atoms with van der Waals surface area (Å²) >= 11 is 0. The van der Waals surface area contributed by atoms with Crippen LogP contribution in [-0.4, -0.2) is 16.2 Å². The standard InChI is InChI=1S/C17H25N3O/c1-4-9-20-10-8-18-17(20)13-19-15-7-6-14(3)12-16(15)21-11-5-2/h6-8,10,12,19H,4-5,9,11,13H2,1-3H3. The maximum Gasteiger partial charge on any atom is 0.142 e. The maximum atomic E-state index is 5.83. The molecule has 0 aliphatic heterocycles. The van der Waals surface area contributed by atoms with E-state index in [0.717, 1.165) is 43.3 Å². The highest BCUT2D eigenvalue weighted by Gasteiger charge is 2.06. The van der Waals surface area contributed by atoms with Crippen molar-refractivity contribution in [1.82, 2.24) is 9.55 Å². The number of ether oxygens (including phenoxy) is 1. The third-order valence-corrected chi connectivity index (χ3v) is 3.30. The number of nitrogens with one attached hydrogen (secondary N) is 1. The van der Waals surface area contributed by atoms with Crippen LogP contribution in [0.3, 0.4) is 0 Å². The molecule has 0 saturated carbocycles. The first-order chi connectivity index (χ1) is 10.2. The molecule has 114 valence electrons. The van der Waals surface area contributed by atoms with Crippen molar-refractivity contribution in [3.05, 3.63) is 42.0 Å². The molecule has 0 atom stereocenters. The lowest BCUT2D eigenvalue weighted by Crippen LogP contribution is -2.09. The van der Waals surface area contributed by atoms with E-state index in [0.29, 0.717) is 6.54 Å². The van der Waals surface area contributed by atoms with Gasteiger partial charge in [-0.15, -0.1) is 0 Å². The number of hydrogen-bond acceptors (Lipinski definition) is 3. The van der Waals surface area contributed by atoms with Crippen molar-refractivity contribution >= 4 is 5.69 Å². The summed E-state index contributed by atoms with van der Waals surface area (Å²) in [7, 11) is 0. The van der Waals surface area contributed by atoms with Gasteiger partial charge in [0.15, 0.2) is 0 Å². The van der Waals surface area contributed by atoms with Crippen molar-refractivity contribution in [3.63, 3.8) is 0 Å². The van der Waals surface area contributed by atoms with E-state index >= 15 is 0 Å². The van der Waals surface area contributed by atoms with Gasteiger partial charge >= 0.3 is 0 Å². The van der Waals surface area contributed by atoms with Crippen molar-refractivity contribution in [2.24, 2.45) is 0 Å². The molecule has 4 nitrogen and oxygen atoms in total. The van der Waals surface area contributed by atoms with Crippen LogP contribution in [0.25, 0.3) is 0 Å². The van der Waals surface area contributed by atoms with Crippen LogP contribution in [0.1, 0.15) is 38.1 Å². The van der Waals surface area contributed by atoms with Gasteiger partial charge in [-0.1, -0.05) is 19.9 Å². The number of aromatic nitrogens is 2. The third-order valence-electron chi connectivity index (χ3n) is 3.30. The molecule has 2 rings (SSSR count). The summed E-state index contributed by atoms with van der Waals surface area (Å²) in [6.45, 7) is 8.82. The van der Waals surface area contributed by atoms with Gasteiger partial charge in [0, 0.05) is 18.9 Å². The van der Waals surface area contributed by atoms with Gasteiger partial charge in [-0.25, -0.2) is 4.98 Å². The number of nitrogens with zero attached hydrogens (tertiary/aromatic N) is 2. The molecule has 0 aliphatic rings. The Bertz CT molecular complexity index is 563. The number of hydrogen-bond donors (Lipinski definition) is 1. The Morgan fingerprint density at radius 2 is 2.10 bits per heavy atom. The maximum absolute atomic E-state index is 5.83. The smallest absolute Gasteiger partial charge is 0.142 e. The fraction of sp³-hybridized carbons (Fsp3) is 0.471. The number of imidazole rings is 1. The molecule has 4 heteroatoms. The minimum absolute atomic E-state index is 0.707. The van der Waals surface area contributed by atoms with Crippen LogP contribution in [0.5, 0.6) is 5.75 Å². The van der Waals surface area contributed by atoms with Crippen LogP contribution >= 0.6 is 0 Å². The summed E-state index contributed by atoms with van der Waals surface area (Å²) < 4.78 is 8.01. The zero-order valence-corrected chi connectivity index (χ0v) is 13.2. The van der Waals surface area contributed by atoms with Gasteiger partial charge in [0.2, 0.25) is 0 Å². The lowest BCUT2D eigenvalue weighted by atomic mass is 10.2. The van der Waals surface area contributed by atoms with Gasteiger partial charge in [-0.3, -0.25) is 0 Å². The average Bonchev–Trinajstić information content (AvgIpc) is 2.92. The fourth-order valence-corrected chi connectivity index (χ4v) is 2.23. The summed E-state index contributed by atoms with van der Waals surface area (Å²) in [4.78, 5) is 4.42. The molecule has 1 heterocycles. The van der Waals surface area contributed by atoms with E-state index in [4.69, 9.17) is 4.74 Å². The van der Waals surface area contributed by atoms with Crippen molar-refractivity contribution in [1.29, 1.82) is 0 Å². The predicted octanol–water partition coefficient (Wildman–Crippen LogP) is 4.00. The molecule has 0 radical (unpaired) electrons. The molecular weight excluding hydrogens is 262 g/mol. The van der Waals surface area contributed by atoms with Gasteiger partial charge in [0.1, 0.15) is 11.6 Å². The predicted molar refractivity (Wildman–Crippen MR) is 86.8 cm³/mol. The van der Waals surface area contributed by atoms with Crippen molar-refractivity contribution < 1.29 is 4.74 Å². The lowest BCUT2D eigenvalue weighted by Gasteiger charge is -2.14. The first kappa shape index (κ1) is 15.4. The highest BCUT2D eigenvalue weighted by atomic mass is 16.5. The summed E-state index contributed by atoms with van der Waals surface area (Å²) in [5, 5.41) is 3.44. The summed E-state index contributed by atoms with van der Waals surface area (Å²) in [5.41, 5.74) is 2.24. The van der Waals surface area contributed by atoms with E-state index < -0.39 is 0 Å². The molecule has 0 amide bonds. The Morgan fingerprint density at radius 3 is 2.86 bits per heavy atom. The molecule has 0 saturated heterocycles. The minimum atomic E-state index is 0.707. The van der Waals surface area contributed by atoms with E-state index in [-0.39, 0.29) is 0 Å². The van der Waals surface area contributed by atoms with Gasteiger partial charge in [-0.05, 0) is 37.5 Å². The zero-order valence-electron chi connectivity index (χ0n) is 13.2. The summed E-state index contributed by atoms with van der Waals surface area (Å²) in [6, 6.07) is 6.25. The second-order valence-corrected chi connectivity index (χ2v) is 5.24. The van der Waals surface area contributed by atoms with Gasteiger partial charge in [0.25, 0.3) is 0 Å². The van der Waals surface area contributed by atoms with E-state index in [1.54, 1.807) is 0 Å². The number of rotatable bonds is 8.